The highest BCUT2D eigenvalue weighted by molar-refractivity contribution is 6.00. The van der Waals surface area contributed by atoms with Gasteiger partial charge in [0.05, 0.1) is 12.1 Å². The third-order valence-corrected chi connectivity index (χ3v) is 2.83. The van der Waals surface area contributed by atoms with Crippen molar-refractivity contribution in [3.63, 3.8) is 0 Å². The quantitative estimate of drug-likeness (QED) is 0.813. The Bertz CT molecular complexity index is 552. The molecule has 1 aromatic heterocycles. The third-order valence-electron chi connectivity index (χ3n) is 2.83. The third kappa shape index (κ3) is 2.54. The molecule has 18 heavy (non-hydrogen) atoms. The molecule has 0 unspecified atom stereocenters. The number of aromatic nitrogens is 1. The predicted molar refractivity (Wildman–Crippen MR) is 75.7 cm³/mol. The van der Waals surface area contributed by atoms with Gasteiger partial charge < -0.3 is 15.8 Å². The molecular weight excluding hydrogens is 226 g/mol. The Morgan fingerprint density at radius 1 is 1.28 bits per heavy atom. The van der Waals surface area contributed by atoms with Gasteiger partial charge >= 0.3 is 0 Å². The second-order valence-electron chi connectivity index (χ2n) is 5.07. The molecule has 0 atom stereocenters. The molecule has 0 aliphatic heterocycles. The molecule has 2 aromatic rings. The molecule has 96 valence electrons. The van der Waals surface area contributed by atoms with Crippen LogP contribution in [0.2, 0.25) is 0 Å². The fraction of sp³-hybridized carbons (Fsp3) is 0.357. The molecular formula is C14H19N3O. The Morgan fingerprint density at radius 2 is 2.06 bits per heavy atom. The standard InChI is InChI=1S/C14H19N3O/c1-14(2,9-18-3)17-13-5-4-12(15)11-8-16-7-6-10(11)13/h4-8,17H,9,15H2,1-3H3. The normalized spacial score (nSPS) is 11.7. The van der Waals surface area contributed by atoms with Crippen molar-refractivity contribution in [1.82, 2.24) is 4.98 Å². The van der Waals surface area contributed by atoms with E-state index in [4.69, 9.17) is 10.5 Å². The van der Waals surface area contributed by atoms with Crippen molar-refractivity contribution < 1.29 is 4.74 Å². The van der Waals surface area contributed by atoms with Gasteiger partial charge in [0.25, 0.3) is 0 Å². The Morgan fingerprint density at radius 3 is 2.78 bits per heavy atom. The molecule has 4 nitrogen and oxygen atoms in total. The number of rotatable bonds is 4. The van der Waals surface area contributed by atoms with Crippen LogP contribution in [0.15, 0.2) is 30.6 Å². The largest absolute Gasteiger partial charge is 0.398 e. The van der Waals surface area contributed by atoms with Crippen LogP contribution in [0.5, 0.6) is 0 Å². The Balaban J connectivity index is 2.43. The van der Waals surface area contributed by atoms with Gasteiger partial charge in [-0.05, 0) is 32.0 Å². The molecule has 0 radical (unpaired) electrons. The van der Waals surface area contributed by atoms with Crippen molar-refractivity contribution in [2.45, 2.75) is 19.4 Å². The molecule has 3 N–H and O–H groups in total. The van der Waals surface area contributed by atoms with Crippen LogP contribution in [0, 0.1) is 0 Å². The van der Waals surface area contributed by atoms with Gasteiger partial charge in [-0.3, -0.25) is 4.98 Å². The van der Waals surface area contributed by atoms with E-state index in [9.17, 15) is 0 Å². The van der Waals surface area contributed by atoms with Crippen molar-refractivity contribution >= 4 is 22.1 Å². The summed E-state index contributed by atoms with van der Waals surface area (Å²) in [6, 6.07) is 5.86. The number of pyridine rings is 1. The van der Waals surface area contributed by atoms with Crippen molar-refractivity contribution in [1.29, 1.82) is 0 Å². The lowest BCUT2D eigenvalue weighted by molar-refractivity contribution is 0.158. The summed E-state index contributed by atoms with van der Waals surface area (Å²) in [5.41, 5.74) is 7.61. The minimum atomic E-state index is -0.138. The van der Waals surface area contributed by atoms with Crippen LogP contribution in [0.3, 0.4) is 0 Å². The second kappa shape index (κ2) is 4.82. The monoisotopic (exact) mass is 245 g/mol. The van der Waals surface area contributed by atoms with Gasteiger partial charge in [0.1, 0.15) is 0 Å². The minimum Gasteiger partial charge on any atom is -0.398 e. The fourth-order valence-electron chi connectivity index (χ4n) is 2.08. The highest BCUT2D eigenvalue weighted by Gasteiger charge is 2.18. The molecule has 0 amide bonds. The maximum atomic E-state index is 5.96. The first-order valence-corrected chi connectivity index (χ1v) is 5.93. The highest BCUT2D eigenvalue weighted by atomic mass is 16.5. The van der Waals surface area contributed by atoms with E-state index in [-0.39, 0.29) is 5.54 Å². The molecule has 0 aliphatic carbocycles. The number of nitrogen functional groups attached to an aromatic ring is 1. The lowest BCUT2D eigenvalue weighted by Gasteiger charge is -2.27. The van der Waals surface area contributed by atoms with Crippen LogP contribution in [-0.4, -0.2) is 24.2 Å². The van der Waals surface area contributed by atoms with Crippen LogP contribution in [0.25, 0.3) is 10.8 Å². The average molecular weight is 245 g/mol. The number of nitrogens with two attached hydrogens (primary N) is 1. The molecule has 2 rings (SSSR count). The Hall–Kier alpha value is -1.81. The molecule has 0 bridgehead atoms. The van der Waals surface area contributed by atoms with E-state index >= 15 is 0 Å². The molecule has 1 aromatic carbocycles. The topological polar surface area (TPSA) is 60.2 Å². The van der Waals surface area contributed by atoms with E-state index in [1.807, 2.05) is 18.2 Å². The van der Waals surface area contributed by atoms with E-state index in [0.29, 0.717) is 6.61 Å². The number of anilines is 2. The molecule has 0 spiro atoms. The van der Waals surface area contributed by atoms with Crippen LogP contribution in [-0.2, 0) is 4.74 Å². The lowest BCUT2D eigenvalue weighted by Crippen LogP contribution is -2.35. The zero-order chi connectivity index (χ0) is 13.2. The van der Waals surface area contributed by atoms with Crippen molar-refractivity contribution in [2.24, 2.45) is 0 Å². The summed E-state index contributed by atoms with van der Waals surface area (Å²) >= 11 is 0. The van der Waals surface area contributed by atoms with E-state index in [0.717, 1.165) is 22.1 Å². The number of fused-ring (bicyclic) bond motifs is 1. The number of nitrogens with zero attached hydrogens (tertiary/aromatic N) is 1. The lowest BCUT2D eigenvalue weighted by atomic mass is 10.0. The summed E-state index contributed by atoms with van der Waals surface area (Å²) in [5.74, 6) is 0. The van der Waals surface area contributed by atoms with Gasteiger partial charge in [-0.1, -0.05) is 0 Å². The van der Waals surface area contributed by atoms with Crippen LogP contribution in [0.4, 0.5) is 11.4 Å². The summed E-state index contributed by atoms with van der Waals surface area (Å²) in [6.45, 7) is 4.82. The second-order valence-corrected chi connectivity index (χ2v) is 5.07. The Kier molecular flexibility index (Phi) is 3.39. The SMILES string of the molecule is COCC(C)(C)Nc1ccc(N)c2cnccc12. The number of methoxy groups -OCH3 is 1. The minimum absolute atomic E-state index is 0.138. The maximum absolute atomic E-state index is 5.96. The summed E-state index contributed by atoms with van der Waals surface area (Å²) in [4.78, 5) is 4.12. The maximum Gasteiger partial charge on any atom is 0.0687 e. The van der Waals surface area contributed by atoms with E-state index in [1.54, 1.807) is 19.5 Å². The molecule has 1 heterocycles. The zero-order valence-corrected chi connectivity index (χ0v) is 11.0. The van der Waals surface area contributed by atoms with Crippen molar-refractivity contribution in [3.05, 3.63) is 30.6 Å². The van der Waals surface area contributed by atoms with Crippen LogP contribution >= 0.6 is 0 Å². The number of benzene rings is 1. The van der Waals surface area contributed by atoms with Crippen LogP contribution in [0.1, 0.15) is 13.8 Å². The van der Waals surface area contributed by atoms with Gasteiger partial charge in [-0.15, -0.1) is 0 Å². The molecule has 4 heteroatoms. The van der Waals surface area contributed by atoms with E-state index in [1.165, 1.54) is 0 Å². The first-order valence-electron chi connectivity index (χ1n) is 5.93. The molecule has 0 aliphatic rings. The Labute approximate surface area is 107 Å². The van der Waals surface area contributed by atoms with Gasteiger partial charge in [0.2, 0.25) is 0 Å². The number of hydrogen-bond donors (Lipinski definition) is 2. The van der Waals surface area contributed by atoms with Crippen molar-refractivity contribution in [3.8, 4) is 0 Å². The van der Waals surface area contributed by atoms with Gasteiger partial charge in [-0.2, -0.15) is 0 Å². The average Bonchev–Trinajstić information content (AvgIpc) is 2.33. The van der Waals surface area contributed by atoms with Gasteiger partial charge in [0, 0.05) is 41.7 Å². The predicted octanol–water partition coefficient (Wildman–Crippen LogP) is 2.65. The zero-order valence-electron chi connectivity index (χ0n) is 11.0. The van der Waals surface area contributed by atoms with E-state index < -0.39 is 0 Å². The first kappa shape index (κ1) is 12.6. The highest BCUT2D eigenvalue weighted by Crippen LogP contribution is 2.29. The number of ether oxygens (including phenoxy) is 1. The number of nitrogens with one attached hydrogen (secondary N) is 1. The fourth-order valence-corrected chi connectivity index (χ4v) is 2.08. The van der Waals surface area contributed by atoms with Crippen LogP contribution < -0.4 is 11.1 Å². The molecule has 0 fully saturated rings. The molecule has 0 saturated carbocycles. The summed E-state index contributed by atoms with van der Waals surface area (Å²) < 4.78 is 5.22. The van der Waals surface area contributed by atoms with Gasteiger partial charge in [0.15, 0.2) is 0 Å². The smallest absolute Gasteiger partial charge is 0.0687 e. The number of hydrogen-bond acceptors (Lipinski definition) is 4. The first-order chi connectivity index (χ1) is 8.53. The van der Waals surface area contributed by atoms with Gasteiger partial charge in [-0.25, -0.2) is 0 Å². The summed E-state index contributed by atoms with van der Waals surface area (Å²) in [6.07, 6.45) is 3.56. The summed E-state index contributed by atoms with van der Waals surface area (Å²) in [7, 11) is 1.70. The van der Waals surface area contributed by atoms with E-state index in [2.05, 4.69) is 24.1 Å². The van der Waals surface area contributed by atoms with Crippen molar-refractivity contribution in [2.75, 3.05) is 24.8 Å². The molecule has 0 saturated heterocycles. The summed E-state index contributed by atoms with van der Waals surface area (Å²) in [5, 5.41) is 5.53.